The van der Waals surface area contributed by atoms with Gasteiger partial charge in [-0.2, -0.15) is 0 Å². The van der Waals surface area contributed by atoms with Crippen LogP contribution in [0, 0.1) is 0 Å². The number of nitrogens with zero attached hydrogens (tertiary/aromatic N) is 1. The van der Waals surface area contributed by atoms with Crippen molar-refractivity contribution in [3.05, 3.63) is 102 Å². The lowest BCUT2D eigenvalue weighted by atomic mass is 10.0. The number of hydrogen-bond acceptors (Lipinski definition) is 4. The van der Waals surface area contributed by atoms with Crippen LogP contribution < -0.4 is 4.90 Å². The third kappa shape index (κ3) is 5.07. The number of carbonyl (C=O) groups excluding carboxylic acids is 2. The number of ether oxygens (including phenoxy) is 1. The molecule has 3 aromatic carbocycles. The third-order valence-electron chi connectivity index (χ3n) is 4.37. The Morgan fingerprint density at radius 1 is 0.786 bits per heavy atom. The van der Waals surface area contributed by atoms with E-state index in [4.69, 9.17) is 4.74 Å². The quantitative estimate of drug-likeness (QED) is 0.431. The van der Waals surface area contributed by atoms with Crippen LogP contribution in [-0.4, -0.2) is 24.9 Å². The highest BCUT2D eigenvalue weighted by Gasteiger charge is 2.14. The lowest BCUT2D eigenvalue weighted by molar-refractivity contribution is -0.141. The molecule has 0 saturated heterocycles. The SMILES string of the molecule is CCOC(=O)CN(Cc1ccc(C(=O)c2ccccc2)cc1)c1ccccc1. The molecule has 28 heavy (non-hydrogen) atoms. The van der Waals surface area contributed by atoms with Gasteiger partial charge in [0, 0.05) is 23.4 Å². The first-order valence-electron chi connectivity index (χ1n) is 9.31. The van der Waals surface area contributed by atoms with Crippen LogP contribution in [0.15, 0.2) is 84.9 Å². The van der Waals surface area contributed by atoms with Crippen molar-refractivity contribution < 1.29 is 14.3 Å². The first-order chi connectivity index (χ1) is 13.7. The van der Waals surface area contributed by atoms with E-state index in [1.165, 1.54) is 0 Å². The standard InChI is InChI=1S/C24H23NO3/c1-2-28-23(26)18-25(22-11-7-4-8-12-22)17-19-13-15-21(16-14-19)24(27)20-9-5-3-6-10-20/h3-16H,2,17-18H2,1H3. The molecule has 3 aromatic rings. The van der Waals surface area contributed by atoms with Crippen LogP contribution >= 0.6 is 0 Å². The van der Waals surface area contributed by atoms with Crippen molar-refractivity contribution in [3.63, 3.8) is 0 Å². The molecule has 0 aliphatic rings. The Kier molecular flexibility index (Phi) is 6.58. The van der Waals surface area contributed by atoms with Gasteiger partial charge in [0.25, 0.3) is 0 Å². The van der Waals surface area contributed by atoms with Gasteiger partial charge >= 0.3 is 5.97 Å². The number of benzene rings is 3. The summed E-state index contributed by atoms with van der Waals surface area (Å²) in [5.41, 5.74) is 3.27. The van der Waals surface area contributed by atoms with Crippen molar-refractivity contribution >= 4 is 17.4 Å². The fraction of sp³-hybridized carbons (Fsp3) is 0.167. The van der Waals surface area contributed by atoms with E-state index in [2.05, 4.69) is 0 Å². The maximum atomic E-state index is 12.5. The van der Waals surface area contributed by atoms with Crippen molar-refractivity contribution in [1.29, 1.82) is 0 Å². The Morgan fingerprint density at radius 2 is 1.36 bits per heavy atom. The molecule has 4 heteroatoms. The normalized spacial score (nSPS) is 10.3. The maximum absolute atomic E-state index is 12.5. The van der Waals surface area contributed by atoms with Crippen molar-refractivity contribution in [2.45, 2.75) is 13.5 Å². The summed E-state index contributed by atoms with van der Waals surface area (Å²) in [5.74, 6) is -0.263. The van der Waals surface area contributed by atoms with Crippen LogP contribution in [0.25, 0.3) is 0 Å². The Bertz CT molecular complexity index is 906. The second-order valence-corrected chi connectivity index (χ2v) is 6.39. The van der Waals surface area contributed by atoms with E-state index in [9.17, 15) is 9.59 Å². The van der Waals surface area contributed by atoms with Crippen molar-refractivity contribution in [2.75, 3.05) is 18.1 Å². The molecule has 0 aliphatic carbocycles. The summed E-state index contributed by atoms with van der Waals surface area (Å²) < 4.78 is 5.11. The number of hydrogen-bond donors (Lipinski definition) is 0. The molecule has 0 bridgehead atoms. The van der Waals surface area contributed by atoms with Crippen molar-refractivity contribution in [3.8, 4) is 0 Å². The van der Waals surface area contributed by atoms with Gasteiger partial charge in [-0.05, 0) is 24.6 Å². The average Bonchev–Trinajstić information content (AvgIpc) is 2.75. The number of anilines is 1. The van der Waals surface area contributed by atoms with Gasteiger partial charge in [-0.1, -0.05) is 72.8 Å². The second kappa shape index (κ2) is 9.51. The molecule has 0 N–H and O–H groups in total. The van der Waals surface area contributed by atoms with Crippen molar-refractivity contribution in [1.82, 2.24) is 0 Å². The van der Waals surface area contributed by atoms with Gasteiger partial charge in [0.05, 0.1) is 6.61 Å². The summed E-state index contributed by atoms with van der Waals surface area (Å²) in [6.45, 7) is 2.87. The van der Waals surface area contributed by atoms with Crippen molar-refractivity contribution in [2.24, 2.45) is 0 Å². The molecule has 142 valence electrons. The van der Waals surface area contributed by atoms with Crippen LogP contribution in [0.5, 0.6) is 0 Å². The first kappa shape index (κ1) is 19.4. The summed E-state index contributed by atoms with van der Waals surface area (Å²) in [5, 5.41) is 0. The smallest absolute Gasteiger partial charge is 0.325 e. The highest BCUT2D eigenvalue weighted by atomic mass is 16.5. The van der Waals surface area contributed by atoms with Gasteiger partial charge in [-0.15, -0.1) is 0 Å². The topological polar surface area (TPSA) is 46.6 Å². The molecule has 0 fully saturated rings. The van der Waals surface area contributed by atoms with E-state index in [1.54, 1.807) is 6.92 Å². The molecule has 4 nitrogen and oxygen atoms in total. The number of esters is 1. The van der Waals surface area contributed by atoms with E-state index in [-0.39, 0.29) is 18.3 Å². The minimum absolute atomic E-state index is 0.00131. The first-order valence-corrected chi connectivity index (χ1v) is 9.31. The summed E-state index contributed by atoms with van der Waals surface area (Å²) in [7, 11) is 0. The fourth-order valence-corrected chi connectivity index (χ4v) is 2.98. The van der Waals surface area contributed by atoms with Gasteiger partial charge in [-0.3, -0.25) is 9.59 Å². The van der Waals surface area contributed by atoms with Crippen LogP contribution in [-0.2, 0) is 16.1 Å². The summed E-state index contributed by atoms with van der Waals surface area (Å²) in [6, 6.07) is 26.5. The fourth-order valence-electron chi connectivity index (χ4n) is 2.98. The molecule has 0 amide bonds. The van der Waals surface area contributed by atoms with Crippen LogP contribution in [0.1, 0.15) is 28.4 Å². The molecule has 0 radical (unpaired) electrons. The molecule has 0 heterocycles. The van der Waals surface area contributed by atoms with Crippen LogP contribution in [0.3, 0.4) is 0 Å². The van der Waals surface area contributed by atoms with Gasteiger partial charge in [-0.25, -0.2) is 0 Å². The minimum atomic E-state index is -0.262. The lowest BCUT2D eigenvalue weighted by Gasteiger charge is -2.24. The summed E-state index contributed by atoms with van der Waals surface area (Å²) in [6.07, 6.45) is 0. The minimum Gasteiger partial charge on any atom is -0.465 e. The van der Waals surface area contributed by atoms with Gasteiger partial charge in [0.15, 0.2) is 5.78 Å². The highest BCUT2D eigenvalue weighted by molar-refractivity contribution is 6.08. The van der Waals surface area contributed by atoms with E-state index >= 15 is 0 Å². The zero-order valence-electron chi connectivity index (χ0n) is 15.9. The molecule has 0 spiro atoms. The monoisotopic (exact) mass is 373 g/mol. The molecule has 3 rings (SSSR count). The Morgan fingerprint density at radius 3 is 1.96 bits per heavy atom. The van der Waals surface area contributed by atoms with Gasteiger partial charge < -0.3 is 9.64 Å². The molecule has 0 unspecified atom stereocenters. The van der Waals surface area contributed by atoms with Gasteiger partial charge in [0.2, 0.25) is 0 Å². The highest BCUT2D eigenvalue weighted by Crippen LogP contribution is 2.18. The summed E-state index contributed by atoms with van der Waals surface area (Å²) >= 11 is 0. The van der Waals surface area contributed by atoms with Crippen LogP contribution in [0.2, 0.25) is 0 Å². The molecule has 0 saturated carbocycles. The molecule has 0 atom stereocenters. The summed E-state index contributed by atoms with van der Waals surface area (Å²) in [4.78, 5) is 26.5. The number of para-hydroxylation sites is 1. The Labute approximate surface area is 165 Å². The van der Waals surface area contributed by atoms with E-state index in [0.717, 1.165) is 11.3 Å². The predicted molar refractivity (Wildman–Crippen MR) is 110 cm³/mol. The maximum Gasteiger partial charge on any atom is 0.325 e. The lowest BCUT2D eigenvalue weighted by Crippen LogP contribution is -2.30. The Balaban J connectivity index is 1.75. The molecular weight excluding hydrogens is 350 g/mol. The largest absolute Gasteiger partial charge is 0.465 e. The Hall–Kier alpha value is -3.40. The average molecular weight is 373 g/mol. The zero-order chi connectivity index (χ0) is 19.8. The molecule has 0 aromatic heterocycles. The zero-order valence-corrected chi connectivity index (χ0v) is 15.9. The van der Waals surface area contributed by atoms with E-state index < -0.39 is 0 Å². The third-order valence-corrected chi connectivity index (χ3v) is 4.37. The second-order valence-electron chi connectivity index (χ2n) is 6.39. The predicted octanol–water partition coefficient (Wildman–Crippen LogP) is 4.49. The van der Waals surface area contributed by atoms with Gasteiger partial charge in [0.1, 0.15) is 6.54 Å². The van der Waals surface area contributed by atoms with E-state index in [1.807, 2.05) is 89.8 Å². The van der Waals surface area contributed by atoms with Crippen LogP contribution in [0.4, 0.5) is 5.69 Å². The molecule has 0 aliphatic heterocycles. The number of ketones is 1. The molecular formula is C24H23NO3. The number of rotatable bonds is 8. The van der Waals surface area contributed by atoms with E-state index in [0.29, 0.717) is 24.3 Å². The number of carbonyl (C=O) groups is 2.